The zero-order valence-corrected chi connectivity index (χ0v) is 10.7. The maximum absolute atomic E-state index is 11.8. The molecule has 2 aromatic heterocycles. The zero-order chi connectivity index (χ0) is 12.6. The van der Waals surface area contributed by atoms with Crippen LogP contribution in [0.25, 0.3) is 0 Å². The minimum atomic E-state index is -3.76. The quantitative estimate of drug-likeness (QED) is 0.811. The molecule has 0 spiro atoms. The highest BCUT2D eigenvalue weighted by atomic mass is 32.2. The van der Waals surface area contributed by atoms with Crippen molar-refractivity contribution in [3.05, 3.63) is 11.8 Å². The summed E-state index contributed by atoms with van der Waals surface area (Å²) in [7, 11) is -2.04. The Kier molecular flexibility index (Phi) is 2.75. The van der Waals surface area contributed by atoms with Gasteiger partial charge in [-0.05, 0) is 6.92 Å². The van der Waals surface area contributed by atoms with Gasteiger partial charge in [0.25, 0.3) is 14.4 Å². The SMILES string of the molecule is Cc1cc(NS(=O)(=O)c2nnc(N)s2)nn1C. The highest BCUT2D eigenvalue weighted by Gasteiger charge is 2.20. The van der Waals surface area contributed by atoms with E-state index in [0.717, 1.165) is 17.0 Å². The van der Waals surface area contributed by atoms with E-state index >= 15 is 0 Å². The Morgan fingerprint density at radius 1 is 1.47 bits per heavy atom. The van der Waals surface area contributed by atoms with E-state index in [1.807, 2.05) is 6.92 Å². The van der Waals surface area contributed by atoms with E-state index in [1.54, 1.807) is 17.8 Å². The maximum Gasteiger partial charge on any atom is 0.292 e. The van der Waals surface area contributed by atoms with Gasteiger partial charge in [0.2, 0.25) is 5.13 Å². The van der Waals surface area contributed by atoms with E-state index in [4.69, 9.17) is 5.73 Å². The Morgan fingerprint density at radius 2 is 2.18 bits per heavy atom. The molecular formula is C7H10N6O2S2. The lowest BCUT2D eigenvalue weighted by atomic mass is 10.5. The van der Waals surface area contributed by atoms with Gasteiger partial charge >= 0.3 is 0 Å². The lowest BCUT2D eigenvalue weighted by Gasteiger charge is -1.99. The van der Waals surface area contributed by atoms with E-state index in [-0.39, 0.29) is 15.3 Å². The molecule has 2 rings (SSSR count). The van der Waals surface area contributed by atoms with Crippen LogP contribution < -0.4 is 10.5 Å². The fraction of sp³-hybridized carbons (Fsp3) is 0.286. The highest BCUT2D eigenvalue weighted by Crippen LogP contribution is 2.20. The molecule has 17 heavy (non-hydrogen) atoms. The van der Waals surface area contributed by atoms with Gasteiger partial charge < -0.3 is 5.73 Å². The summed E-state index contributed by atoms with van der Waals surface area (Å²) in [6.45, 7) is 1.81. The predicted octanol–water partition coefficient (Wildman–Crippen LogP) is -0.0370. The van der Waals surface area contributed by atoms with Crippen molar-refractivity contribution in [2.75, 3.05) is 10.5 Å². The number of sulfonamides is 1. The van der Waals surface area contributed by atoms with Gasteiger partial charge in [-0.25, -0.2) is 0 Å². The topological polar surface area (TPSA) is 116 Å². The Balaban J connectivity index is 2.29. The van der Waals surface area contributed by atoms with Crippen molar-refractivity contribution in [1.82, 2.24) is 20.0 Å². The van der Waals surface area contributed by atoms with E-state index in [9.17, 15) is 8.42 Å². The predicted molar refractivity (Wildman–Crippen MR) is 63.1 cm³/mol. The van der Waals surface area contributed by atoms with Gasteiger partial charge in [-0.2, -0.15) is 13.5 Å². The number of nitrogens with two attached hydrogens (primary N) is 1. The molecule has 10 heteroatoms. The number of nitrogens with zero attached hydrogens (tertiary/aromatic N) is 4. The molecule has 2 aromatic rings. The van der Waals surface area contributed by atoms with E-state index in [1.165, 1.54) is 0 Å². The largest absolute Gasteiger partial charge is 0.374 e. The minimum absolute atomic E-state index is 0.0996. The standard InChI is InChI=1S/C7H10N6O2S2/c1-4-3-5(11-13(4)2)12-17(14,15)7-10-9-6(8)16-7/h3H,1-2H3,(H2,8,9)(H,11,12). The number of hydrogen-bond acceptors (Lipinski definition) is 7. The van der Waals surface area contributed by atoms with Crippen molar-refractivity contribution < 1.29 is 8.42 Å². The lowest BCUT2D eigenvalue weighted by molar-refractivity contribution is 0.599. The van der Waals surface area contributed by atoms with Gasteiger partial charge in [0.1, 0.15) is 0 Å². The molecule has 0 aliphatic heterocycles. The van der Waals surface area contributed by atoms with Crippen molar-refractivity contribution >= 4 is 32.3 Å². The fourth-order valence-corrected chi connectivity index (χ4v) is 2.89. The molecule has 0 atom stereocenters. The molecule has 0 unspecified atom stereocenters. The summed E-state index contributed by atoms with van der Waals surface area (Å²) in [5, 5.41) is 11.0. The Labute approximate surface area is 102 Å². The Hall–Kier alpha value is -1.68. The third-order valence-corrected chi connectivity index (χ3v) is 4.48. The van der Waals surface area contributed by atoms with E-state index in [0.29, 0.717) is 0 Å². The minimum Gasteiger partial charge on any atom is -0.374 e. The summed E-state index contributed by atoms with van der Waals surface area (Å²) in [4.78, 5) is 0. The van der Waals surface area contributed by atoms with Gasteiger partial charge in [0.05, 0.1) is 0 Å². The molecule has 0 saturated heterocycles. The molecule has 2 heterocycles. The van der Waals surface area contributed by atoms with Crippen LogP contribution in [-0.2, 0) is 17.1 Å². The molecule has 0 aliphatic carbocycles. The van der Waals surface area contributed by atoms with Gasteiger partial charge in [0.15, 0.2) is 5.82 Å². The summed E-state index contributed by atoms with van der Waals surface area (Å²) < 4.78 is 27.3. The molecule has 0 radical (unpaired) electrons. The molecule has 0 aliphatic rings. The van der Waals surface area contributed by atoms with Crippen molar-refractivity contribution in [2.24, 2.45) is 7.05 Å². The average Bonchev–Trinajstić information content (AvgIpc) is 2.75. The summed E-state index contributed by atoms with van der Waals surface area (Å²) in [6.07, 6.45) is 0. The van der Waals surface area contributed by atoms with E-state index in [2.05, 4.69) is 20.0 Å². The normalized spacial score (nSPS) is 11.6. The molecule has 0 aromatic carbocycles. The fourth-order valence-electron chi connectivity index (χ4n) is 1.12. The van der Waals surface area contributed by atoms with Gasteiger partial charge in [0, 0.05) is 18.8 Å². The number of aryl methyl sites for hydroxylation is 2. The van der Waals surface area contributed by atoms with Crippen LogP contribution in [-0.4, -0.2) is 28.4 Å². The van der Waals surface area contributed by atoms with Crippen molar-refractivity contribution in [3.8, 4) is 0 Å². The summed E-state index contributed by atoms with van der Waals surface area (Å²) in [6, 6.07) is 1.61. The molecule has 8 nitrogen and oxygen atoms in total. The van der Waals surface area contributed by atoms with Crippen LogP contribution in [0.15, 0.2) is 10.4 Å². The number of anilines is 2. The molecule has 0 amide bonds. The Morgan fingerprint density at radius 3 is 2.65 bits per heavy atom. The second-order valence-corrected chi connectivity index (χ2v) is 6.17. The van der Waals surface area contributed by atoms with Crippen molar-refractivity contribution in [1.29, 1.82) is 0 Å². The summed E-state index contributed by atoms with van der Waals surface area (Å²) in [5.41, 5.74) is 6.16. The molecular weight excluding hydrogens is 264 g/mol. The first-order chi connectivity index (χ1) is 7.88. The monoisotopic (exact) mass is 274 g/mol. The van der Waals surface area contributed by atoms with Crippen LogP contribution in [0.1, 0.15) is 5.69 Å². The van der Waals surface area contributed by atoms with Crippen LogP contribution in [0.4, 0.5) is 10.9 Å². The van der Waals surface area contributed by atoms with Gasteiger partial charge in [-0.15, -0.1) is 10.2 Å². The highest BCUT2D eigenvalue weighted by molar-refractivity contribution is 7.94. The zero-order valence-electron chi connectivity index (χ0n) is 9.08. The number of rotatable bonds is 3. The lowest BCUT2D eigenvalue weighted by Crippen LogP contribution is -2.13. The van der Waals surface area contributed by atoms with Crippen LogP contribution in [0.5, 0.6) is 0 Å². The van der Waals surface area contributed by atoms with Crippen LogP contribution in [0.3, 0.4) is 0 Å². The van der Waals surface area contributed by atoms with Crippen molar-refractivity contribution in [3.63, 3.8) is 0 Å². The van der Waals surface area contributed by atoms with Crippen molar-refractivity contribution in [2.45, 2.75) is 11.3 Å². The Bertz CT molecular complexity index is 624. The molecule has 92 valence electrons. The maximum atomic E-state index is 11.8. The van der Waals surface area contributed by atoms with Crippen LogP contribution in [0, 0.1) is 6.92 Å². The molecule has 0 saturated carbocycles. The first kappa shape index (κ1) is 11.8. The molecule has 3 N–H and O–H groups in total. The number of hydrogen-bond donors (Lipinski definition) is 2. The number of nitrogens with one attached hydrogen (secondary N) is 1. The summed E-state index contributed by atoms with van der Waals surface area (Å²) >= 11 is 0.795. The molecule has 0 bridgehead atoms. The second kappa shape index (κ2) is 3.96. The van der Waals surface area contributed by atoms with Crippen LogP contribution >= 0.6 is 11.3 Å². The first-order valence-corrected chi connectivity index (χ1v) is 6.81. The third kappa shape index (κ3) is 2.36. The van der Waals surface area contributed by atoms with Gasteiger partial charge in [-0.1, -0.05) is 11.3 Å². The van der Waals surface area contributed by atoms with E-state index < -0.39 is 10.0 Å². The summed E-state index contributed by atoms with van der Waals surface area (Å²) in [5.74, 6) is 0.235. The second-order valence-electron chi connectivity index (χ2n) is 3.31. The third-order valence-electron chi connectivity index (χ3n) is 2.00. The van der Waals surface area contributed by atoms with Gasteiger partial charge in [-0.3, -0.25) is 9.40 Å². The average molecular weight is 274 g/mol. The molecule has 0 fully saturated rings. The number of aromatic nitrogens is 4. The number of nitrogen functional groups attached to an aromatic ring is 1. The first-order valence-electron chi connectivity index (χ1n) is 4.51. The smallest absolute Gasteiger partial charge is 0.292 e. The van der Waals surface area contributed by atoms with Crippen LogP contribution in [0.2, 0.25) is 0 Å².